The van der Waals surface area contributed by atoms with Crippen molar-refractivity contribution in [1.29, 1.82) is 0 Å². The smallest absolute Gasteiger partial charge is 0.107 e. The second-order valence-electron chi connectivity index (χ2n) is 3.16. The number of para-hydroxylation sites is 2. The summed E-state index contributed by atoms with van der Waals surface area (Å²) in [6, 6.07) is 8.11. The van der Waals surface area contributed by atoms with E-state index in [4.69, 9.17) is 0 Å². The summed E-state index contributed by atoms with van der Waals surface area (Å²) in [5.74, 6) is 1.07. The molecule has 2 rings (SSSR count). The lowest BCUT2D eigenvalue weighted by Gasteiger charge is -1.89. The third-order valence-electron chi connectivity index (χ3n) is 2.10. The molecule has 13 heavy (non-hydrogen) atoms. The number of benzene rings is 1. The average Bonchev–Trinajstić information content (AvgIpc) is 2.57. The average molecular weight is 176 g/mol. The molecule has 0 atom stereocenters. The first kappa shape index (κ1) is 8.26. The van der Waals surface area contributed by atoms with Gasteiger partial charge in [-0.05, 0) is 12.1 Å². The summed E-state index contributed by atoms with van der Waals surface area (Å²) in [7, 11) is 0. The number of hydrogen-bond acceptors (Lipinski definition) is 1. The van der Waals surface area contributed by atoms with Crippen LogP contribution in [0.1, 0.15) is 12.2 Å². The van der Waals surface area contributed by atoms with E-state index in [0.717, 1.165) is 36.2 Å². The van der Waals surface area contributed by atoms with Gasteiger partial charge in [0.25, 0.3) is 0 Å². The van der Waals surface area contributed by atoms with Crippen LogP contribution in [0, 0.1) is 0 Å². The van der Waals surface area contributed by atoms with E-state index in [2.05, 4.69) is 21.8 Å². The van der Waals surface area contributed by atoms with Crippen molar-refractivity contribution in [1.82, 2.24) is 9.97 Å². The number of fused-ring (bicyclic) bond motifs is 1. The number of H-pyrrole nitrogens is 1. The van der Waals surface area contributed by atoms with Gasteiger partial charge in [0, 0.05) is 12.8 Å². The zero-order chi connectivity index (χ0) is 9.10. The Morgan fingerprint density at radius 2 is 2.15 bits per heavy atom. The maximum absolute atomic E-state index is 4.47. The Labute approximate surface area is 77.0 Å². The molecule has 1 aromatic carbocycles. The number of nitrogens with zero attached hydrogens (tertiary/aromatic N) is 1. The number of rotatable bonds is 3. The van der Waals surface area contributed by atoms with Crippen LogP contribution in [0.15, 0.2) is 24.3 Å². The van der Waals surface area contributed by atoms with Crippen molar-refractivity contribution in [2.45, 2.75) is 12.8 Å². The second-order valence-corrected chi connectivity index (χ2v) is 3.16. The fraction of sp³-hybridized carbons (Fsp3) is 0.300. The third kappa shape index (κ3) is 1.70. The van der Waals surface area contributed by atoms with Gasteiger partial charge in [0.05, 0.1) is 17.6 Å². The van der Waals surface area contributed by atoms with E-state index in [0.29, 0.717) is 0 Å². The van der Waals surface area contributed by atoms with Crippen molar-refractivity contribution in [3.05, 3.63) is 30.1 Å². The largest absolute Gasteiger partial charge is 0.358 e. The summed E-state index contributed by atoms with van der Waals surface area (Å²) in [6.45, 7) is 0.969. The van der Waals surface area contributed by atoms with Gasteiger partial charge in [-0.25, -0.2) is 4.98 Å². The summed E-state index contributed by atoms with van der Waals surface area (Å²) in [5.41, 5.74) is 6.00. The Hall–Kier alpha value is -1.35. The summed E-state index contributed by atoms with van der Waals surface area (Å²) < 4.78 is 0. The molecular weight excluding hydrogens is 162 g/mol. The van der Waals surface area contributed by atoms with Crippen LogP contribution in [0.4, 0.5) is 0 Å². The standard InChI is InChI=1S/C10H13N3/c11-7-3-6-10-12-8-4-1-2-5-9(8)13-10/h1-2,4-5H,3,6-7,11H2,(H,12,13)/p+1. The van der Waals surface area contributed by atoms with Gasteiger partial charge >= 0.3 is 0 Å². The maximum atomic E-state index is 4.47. The molecule has 0 fully saturated rings. The highest BCUT2D eigenvalue weighted by atomic mass is 14.9. The molecular formula is C10H14N3+. The topological polar surface area (TPSA) is 56.3 Å². The normalized spacial score (nSPS) is 10.8. The molecule has 1 aromatic heterocycles. The molecule has 68 valence electrons. The summed E-state index contributed by atoms with van der Waals surface area (Å²) in [5, 5.41) is 0. The van der Waals surface area contributed by atoms with E-state index < -0.39 is 0 Å². The van der Waals surface area contributed by atoms with Gasteiger partial charge in [-0.15, -0.1) is 0 Å². The molecule has 0 radical (unpaired) electrons. The number of nitrogens with one attached hydrogen (secondary N) is 1. The molecule has 0 aliphatic heterocycles. The van der Waals surface area contributed by atoms with Crippen LogP contribution in [0.3, 0.4) is 0 Å². The fourth-order valence-corrected chi connectivity index (χ4v) is 1.42. The molecule has 0 amide bonds. The van der Waals surface area contributed by atoms with Crippen LogP contribution in [0.5, 0.6) is 0 Å². The van der Waals surface area contributed by atoms with Crippen molar-refractivity contribution < 1.29 is 5.73 Å². The summed E-state index contributed by atoms with van der Waals surface area (Å²) in [6.07, 6.45) is 2.10. The van der Waals surface area contributed by atoms with E-state index in [1.54, 1.807) is 0 Å². The molecule has 3 nitrogen and oxygen atoms in total. The molecule has 0 saturated carbocycles. The number of imidazole rings is 1. The third-order valence-corrected chi connectivity index (χ3v) is 2.10. The molecule has 2 aromatic rings. The zero-order valence-electron chi connectivity index (χ0n) is 7.59. The van der Waals surface area contributed by atoms with E-state index in [1.807, 2.05) is 18.2 Å². The molecule has 3 heteroatoms. The van der Waals surface area contributed by atoms with Crippen molar-refractivity contribution in [3.8, 4) is 0 Å². The van der Waals surface area contributed by atoms with Gasteiger partial charge in [-0.1, -0.05) is 12.1 Å². The van der Waals surface area contributed by atoms with E-state index in [9.17, 15) is 0 Å². The van der Waals surface area contributed by atoms with Gasteiger partial charge in [-0.3, -0.25) is 0 Å². The molecule has 4 N–H and O–H groups in total. The minimum Gasteiger partial charge on any atom is -0.358 e. The Bertz CT molecular complexity index is 359. The van der Waals surface area contributed by atoms with E-state index in [1.165, 1.54) is 0 Å². The van der Waals surface area contributed by atoms with Crippen molar-refractivity contribution >= 4 is 11.0 Å². The second kappa shape index (κ2) is 3.58. The fourth-order valence-electron chi connectivity index (χ4n) is 1.42. The van der Waals surface area contributed by atoms with Gasteiger partial charge in [-0.2, -0.15) is 0 Å². The highest BCUT2D eigenvalue weighted by molar-refractivity contribution is 5.74. The molecule has 0 unspecified atom stereocenters. The Kier molecular flexibility index (Phi) is 2.27. The molecule has 1 heterocycles. The van der Waals surface area contributed by atoms with Gasteiger partial charge < -0.3 is 10.7 Å². The summed E-state index contributed by atoms with van der Waals surface area (Å²) >= 11 is 0. The predicted molar refractivity (Wildman–Crippen MR) is 52.2 cm³/mol. The van der Waals surface area contributed by atoms with Gasteiger partial charge in [0.2, 0.25) is 0 Å². The maximum Gasteiger partial charge on any atom is 0.107 e. The first-order chi connectivity index (χ1) is 6.40. The van der Waals surface area contributed by atoms with Crippen LogP contribution in [0.25, 0.3) is 11.0 Å². The lowest BCUT2D eigenvalue weighted by atomic mass is 10.3. The molecule has 0 bridgehead atoms. The predicted octanol–water partition coefficient (Wildman–Crippen LogP) is 0.737. The first-order valence-corrected chi connectivity index (χ1v) is 4.63. The first-order valence-electron chi connectivity index (χ1n) is 4.63. The molecule has 0 saturated heterocycles. The summed E-state index contributed by atoms with van der Waals surface area (Å²) in [4.78, 5) is 7.76. The molecule has 0 spiro atoms. The van der Waals surface area contributed by atoms with Crippen LogP contribution < -0.4 is 5.73 Å². The van der Waals surface area contributed by atoms with E-state index in [-0.39, 0.29) is 0 Å². The lowest BCUT2D eigenvalue weighted by Crippen LogP contribution is -2.50. The highest BCUT2D eigenvalue weighted by Gasteiger charge is 2.00. The monoisotopic (exact) mass is 176 g/mol. The number of aromatic nitrogens is 2. The lowest BCUT2D eigenvalue weighted by molar-refractivity contribution is -0.368. The van der Waals surface area contributed by atoms with Crippen LogP contribution in [-0.2, 0) is 6.42 Å². The number of hydrogen-bond donors (Lipinski definition) is 2. The highest BCUT2D eigenvalue weighted by Crippen LogP contribution is 2.10. The minimum absolute atomic E-state index is 0.969. The van der Waals surface area contributed by atoms with Gasteiger partial charge in [0.1, 0.15) is 5.82 Å². The Morgan fingerprint density at radius 3 is 2.92 bits per heavy atom. The molecule has 0 aliphatic rings. The van der Waals surface area contributed by atoms with Crippen LogP contribution in [0.2, 0.25) is 0 Å². The van der Waals surface area contributed by atoms with E-state index >= 15 is 0 Å². The Balaban J connectivity index is 2.28. The number of aryl methyl sites for hydroxylation is 1. The van der Waals surface area contributed by atoms with Crippen LogP contribution >= 0.6 is 0 Å². The van der Waals surface area contributed by atoms with Crippen molar-refractivity contribution in [2.75, 3.05) is 6.54 Å². The number of quaternary nitrogens is 1. The number of aromatic amines is 1. The zero-order valence-corrected chi connectivity index (χ0v) is 7.59. The van der Waals surface area contributed by atoms with Gasteiger partial charge in [0.15, 0.2) is 0 Å². The molecule has 0 aliphatic carbocycles. The Morgan fingerprint density at radius 1 is 1.31 bits per heavy atom. The van der Waals surface area contributed by atoms with Crippen molar-refractivity contribution in [3.63, 3.8) is 0 Å². The minimum atomic E-state index is 0.969. The quantitative estimate of drug-likeness (QED) is 0.712. The van der Waals surface area contributed by atoms with Crippen molar-refractivity contribution in [2.24, 2.45) is 0 Å². The SMILES string of the molecule is [NH3+]CCCc1nc2ccccc2[nH]1. The van der Waals surface area contributed by atoms with Crippen LogP contribution in [-0.4, -0.2) is 16.5 Å².